The molecule has 2 N–H and O–H groups in total. The van der Waals surface area contributed by atoms with E-state index in [1.54, 1.807) is 19.1 Å². The van der Waals surface area contributed by atoms with Gasteiger partial charge in [0.25, 0.3) is 0 Å². The van der Waals surface area contributed by atoms with Crippen LogP contribution in [0.2, 0.25) is 0 Å². The van der Waals surface area contributed by atoms with Crippen molar-refractivity contribution in [3.05, 3.63) is 59.4 Å². The number of amides is 1. The number of rotatable bonds is 4. The van der Waals surface area contributed by atoms with Crippen molar-refractivity contribution >= 4 is 17.3 Å². The molecule has 0 spiro atoms. The molecule has 3 nitrogen and oxygen atoms in total. The SMILES string of the molecule is Cc1cccc(NC(=O)CNc2ccc(F)c(C)c2)c1. The van der Waals surface area contributed by atoms with Crippen LogP contribution in [-0.4, -0.2) is 12.5 Å². The third-order valence-corrected chi connectivity index (χ3v) is 2.91. The van der Waals surface area contributed by atoms with E-state index in [1.165, 1.54) is 6.07 Å². The van der Waals surface area contributed by atoms with Crippen LogP contribution in [0.1, 0.15) is 11.1 Å². The van der Waals surface area contributed by atoms with E-state index in [9.17, 15) is 9.18 Å². The first kappa shape index (κ1) is 14.1. The van der Waals surface area contributed by atoms with Gasteiger partial charge in [-0.25, -0.2) is 4.39 Å². The summed E-state index contributed by atoms with van der Waals surface area (Å²) in [5.41, 5.74) is 3.13. The van der Waals surface area contributed by atoms with Gasteiger partial charge in [0.1, 0.15) is 5.82 Å². The molecule has 2 rings (SSSR count). The highest BCUT2D eigenvalue weighted by Gasteiger charge is 2.03. The van der Waals surface area contributed by atoms with Crippen molar-refractivity contribution in [2.45, 2.75) is 13.8 Å². The summed E-state index contributed by atoms with van der Waals surface area (Å²) in [5, 5.41) is 5.77. The van der Waals surface area contributed by atoms with E-state index in [4.69, 9.17) is 0 Å². The number of carbonyl (C=O) groups excluding carboxylic acids is 1. The summed E-state index contributed by atoms with van der Waals surface area (Å²) in [6, 6.07) is 12.3. The van der Waals surface area contributed by atoms with Crippen molar-refractivity contribution in [2.75, 3.05) is 17.2 Å². The molecule has 20 heavy (non-hydrogen) atoms. The van der Waals surface area contributed by atoms with Crippen LogP contribution in [0, 0.1) is 19.7 Å². The molecule has 0 bridgehead atoms. The molecule has 2 aromatic rings. The zero-order valence-electron chi connectivity index (χ0n) is 11.5. The number of hydrogen-bond acceptors (Lipinski definition) is 2. The molecule has 0 unspecified atom stereocenters. The Balaban J connectivity index is 1.90. The Labute approximate surface area is 117 Å². The lowest BCUT2D eigenvalue weighted by Crippen LogP contribution is -2.21. The second kappa shape index (κ2) is 6.19. The van der Waals surface area contributed by atoms with E-state index in [0.717, 1.165) is 16.9 Å². The smallest absolute Gasteiger partial charge is 0.243 e. The molecule has 0 aromatic heterocycles. The van der Waals surface area contributed by atoms with E-state index in [1.807, 2.05) is 31.2 Å². The molecule has 1 amide bonds. The summed E-state index contributed by atoms with van der Waals surface area (Å²) >= 11 is 0. The predicted molar refractivity (Wildman–Crippen MR) is 79.4 cm³/mol. The molecular weight excluding hydrogens is 255 g/mol. The Hall–Kier alpha value is -2.36. The Morgan fingerprint density at radius 3 is 2.60 bits per heavy atom. The van der Waals surface area contributed by atoms with Crippen molar-refractivity contribution in [1.29, 1.82) is 0 Å². The number of anilines is 2. The third-order valence-electron chi connectivity index (χ3n) is 2.91. The third kappa shape index (κ3) is 3.82. The quantitative estimate of drug-likeness (QED) is 0.894. The van der Waals surface area contributed by atoms with Gasteiger partial charge in [-0.15, -0.1) is 0 Å². The molecule has 0 aliphatic heterocycles. The average Bonchev–Trinajstić information content (AvgIpc) is 2.40. The monoisotopic (exact) mass is 272 g/mol. The van der Waals surface area contributed by atoms with Crippen LogP contribution in [-0.2, 0) is 4.79 Å². The van der Waals surface area contributed by atoms with E-state index >= 15 is 0 Å². The molecule has 0 aliphatic rings. The molecule has 0 saturated heterocycles. The topological polar surface area (TPSA) is 41.1 Å². The highest BCUT2D eigenvalue weighted by Crippen LogP contribution is 2.13. The van der Waals surface area contributed by atoms with E-state index in [-0.39, 0.29) is 18.3 Å². The van der Waals surface area contributed by atoms with Crippen LogP contribution in [0.15, 0.2) is 42.5 Å². The van der Waals surface area contributed by atoms with E-state index in [0.29, 0.717) is 5.56 Å². The Morgan fingerprint density at radius 2 is 1.90 bits per heavy atom. The minimum Gasteiger partial charge on any atom is -0.376 e. The van der Waals surface area contributed by atoms with Crippen LogP contribution in [0.25, 0.3) is 0 Å². The van der Waals surface area contributed by atoms with Gasteiger partial charge in [-0.1, -0.05) is 12.1 Å². The minimum atomic E-state index is -0.250. The second-order valence-corrected chi connectivity index (χ2v) is 4.74. The fourth-order valence-corrected chi connectivity index (χ4v) is 1.86. The molecule has 0 heterocycles. The second-order valence-electron chi connectivity index (χ2n) is 4.74. The lowest BCUT2D eigenvalue weighted by molar-refractivity contribution is -0.114. The lowest BCUT2D eigenvalue weighted by atomic mass is 10.2. The lowest BCUT2D eigenvalue weighted by Gasteiger charge is -2.09. The first-order valence-electron chi connectivity index (χ1n) is 6.41. The van der Waals surface area contributed by atoms with Gasteiger partial charge in [-0.05, 0) is 55.3 Å². The van der Waals surface area contributed by atoms with Gasteiger partial charge in [-0.3, -0.25) is 4.79 Å². The zero-order valence-corrected chi connectivity index (χ0v) is 11.5. The Kier molecular flexibility index (Phi) is 4.35. The van der Waals surface area contributed by atoms with Crippen LogP contribution >= 0.6 is 0 Å². The summed E-state index contributed by atoms with van der Waals surface area (Å²) in [7, 11) is 0. The van der Waals surface area contributed by atoms with Gasteiger partial charge in [0.2, 0.25) is 5.91 Å². The fraction of sp³-hybridized carbons (Fsp3) is 0.188. The predicted octanol–water partition coefficient (Wildman–Crippen LogP) is 3.49. The number of hydrogen-bond donors (Lipinski definition) is 2. The van der Waals surface area contributed by atoms with Gasteiger partial charge < -0.3 is 10.6 Å². The average molecular weight is 272 g/mol. The maximum absolute atomic E-state index is 13.1. The summed E-state index contributed by atoms with van der Waals surface area (Å²) in [6.45, 7) is 3.79. The standard InChI is InChI=1S/C16H17FN2O/c1-11-4-3-5-14(8-11)19-16(20)10-18-13-6-7-15(17)12(2)9-13/h3-9,18H,10H2,1-2H3,(H,19,20). The molecule has 0 aliphatic carbocycles. The molecule has 2 aromatic carbocycles. The molecule has 4 heteroatoms. The fourth-order valence-electron chi connectivity index (χ4n) is 1.86. The molecule has 0 atom stereocenters. The summed E-state index contributed by atoms with van der Waals surface area (Å²) in [6.07, 6.45) is 0. The number of aryl methyl sites for hydroxylation is 2. The van der Waals surface area contributed by atoms with Crippen molar-refractivity contribution in [3.8, 4) is 0 Å². The maximum Gasteiger partial charge on any atom is 0.243 e. The minimum absolute atomic E-state index is 0.138. The van der Waals surface area contributed by atoms with Gasteiger partial charge in [-0.2, -0.15) is 0 Å². The van der Waals surface area contributed by atoms with Gasteiger partial charge in [0, 0.05) is 11.4 Å². The van der Waals surface area contributed by atoms with Crippen LogP contribution in [0.5, 0.6) is 0 Å². The normalized spacial score (nSPS) is 10.2. The van der Waals surface area contributed by atoms with Gasteiger partial charge >= 0.3 is 0 Å². The van der Waals surface area contributed by atoms with Crippen molar-refractivity contribution in [1.82, 2.24) is 0 Å². The van der Waals surface area contributed by atoms with Crippen LogP contribution < -0.4 is 10.6 Å². The van der Waals surface area contributed by atoms with Crippen molar-refractivity contribution < 1.29 is 9.18 Å². The first-order chi connectivity index (χ1) is 9.54. The molecule has 0 saturated carbocycles. The van der Waals surface area contributed by atoms with Gasteiger partial charge in [0.15, 0.2) is 0 Å². The zero-order chi connectivity index (χ0) is 14.5. The highest BCUT2D eigenvalue weighted by molar-refractivity contribution is 5.93. The van der Waals surface area contributed by atoms with Crippen molar-refractivity contribution in [2.24, 2.45) is 0 Å². The first-order valence-corrected chi connectivity index (χ1v) is 6.41. The highest BCUT2D eigenvalue weighted by atomic mass is 19.1. The Bertz CT molecular complexity index is 626. The summed E-state index contributed by atoms with van der Waals surface area (Å²) in [5.74, 6) is -0.391. The van der Waals surface area contributed by atoms with Crippen LogP contribution in [0.4, 0.5) is 15.8 Å². The Morgan fingerprint density at radius 1 is 1.10 bits per heavy atom. The van der Waals surface area contributed by atoms with E-state index in [2.05, 4.69) is 10.6 Å². The van der Waals surface area contributed by atoms with E-state index < -0.39 is 0 Å². The number of benzene rings is 2. The molecule has 0 fully saturated rings. The molecule has 0 radical (unpaired) electrons. The summed E-state index contributed by atoms with van der Waals surface area (Å²) in [4.78, 5) is 11.8. The number of nitrogens with one attached hydrogen (secondary N) is 2. The number of halogens is 1. The van der Waals surface area contributed by atoms with Crippen molar-refractivity contribution in [3.63, 3.8) is 0 Å². The van der Waals surface area contributed by atoms with Crippen LogP contribution in [0.3, 0.4) is 0 Å². The molecule has 104 valence electrons. The maximum atomic E-state index is 13.1. The molecular formula is C16H17FN2O. The largest absolute Gasteiger partial charge is 0.376 e. The number of carbonyl (C=O) groups is 1. The van der Waals surface area contributed by atoms with Gasteiger partial charge in [0.05, 0.1) is 6.54 Å². The summed E-state index contributed by atoms with van der Waals surface area (Å²) < 4.78 is 13.1.